The molecule has 1 aromatic carbocycles. The summed E-state index contributed by atoms with van der Waals surface area (Å²) in [7, 11) is 0. The number of hydrogen-bond acceptors (Lipinski definition) is 4. The Hall–Kier alpha value is -2.05. The van der Waals surface area contributed by atoms with Crippen LogP contribution in [0.5, 0.6) is 0 Å². The lowest BCUT2D eigenvalue weighted by Gasteiger charge is -2.10. The van der Waals surface area contributed by atoms with E-state index in [1.54, 1.807) is 24.3 Å². The van der Waals surface area contributed by atoms with E-state index >= 15 is 0 Å². The topological polar surface area (TPSA) is 63.8 Å². The fraction of sp³-hybridized carbons (Fsp3) is 0.200. The molecule has 2 aromatic rings. The molecule has 4 nitrogen and oxygen atoms in total. The minimum atomic E-state index is -4.32. The summed E-state index contributed by atoms with van der Waals surface area (Å²) in [5.74, 6) is -0.103. The summed E-state index contributed by atoms with van der Waals surface area (Å²) in [6.45, 7) is -1.19. The Bertz CT molecular complexity index is 539. The molecule has 0 saturated heterocycles. The smallest absolute Gasteiger partial charge is 0.381 e. The van der Waals surface area contributed by atoms with Crippen LogP contribution in [0.15, 0.2) is 24.3 Å². The maximum absolute atomic E-state index is 12.0. The molecule has 0 saturated carbocycles. The first-order valence-corrected chi connectivity index (χ1v) is 4.78. The number of nitrogens with zero attached hydrogens (tertiary/aromatic N) is 2. The molecule has 0 aliphatic heterocycles. The number of rotatable bonds is 2. The van der Waals surface area contributed by atoms with Crippen LogP contribution in [0.3, 0.4) is 0 Å². The lowest BCUT2D eigenvalue weighted by Crippen LogP contribution is -2.22. The number of anilines is 2. The first-order valence-electron chi connectivity index (χ1n) is 4.78. The first kappa shape index (κ1) is 11.4. The third-order valence-corrected chi connectivity index (χ3v) is 2.05. The maximum atomic E-state index is 12.0. The van der Waals surface area contributed by atoms with Gasteiger partial charge in [-0.25, -0.2) is 9.97 Å². The van der Waals surface area contributed by atoms with Crippen LogP contribution in [-0.2, 0) is 0 Å². The number of nitrogens with two attached hydrogens (primary N) is 1. The van der Waals surface area contributed by atoms with Crippen LogP contribution in [0, 0.1) is 0 Å². The van der Waals surface area contributed by atoms with Gasteiger partial charge in [0.15, 0.2) is 11.6 Å². The number of para-hydroxylation sites is 2. The van der Waals surface area contributed by atoms with Crippen LogP contribution >= 0.6 is 0 Å². The molecule has 0 aliphatic carbocycles. The molecule has 0 unspecified atom stereocenters. The molecular weight excluding hydrogens is 233 g/mol. The second-order valence-electron chi connectivity index (χ2n) is 3.41. The summed E-state index contributed by atoms with van der Waals surface area (Å²) in [6.07, 6.45) is -4.32. The molecule has 0 aliphatic rings. The molecule has 1 aromatic heterocycles. The number of alkyl halides is 3. The normalized spacial score (nSPS) is 11.7. The van der Waals surface area contributed by atoms with Crippen LogP contribution in [0.25, 0.3) is 11.0 Å². The van der Waals surface area contributed by atoms with Gasteiger partial charge in [-0.05, 0) is 12.1 Å². The minimum Gasteiger partial charge on any atom is -0.381 e. The lowest BCUT2D eigenvalue weighted by molar-refractivity contribution is -0.115. The summed E-state index contributed by atoms with van der Waals surface area (Å²) < 4.78 is 36.1. The van der Waals surface area contributed by atoms with Gasteiger partial charge in [-0.15, -0.1) is 0 Å². The number of fused-ring (bicyclic) bond motifs is 1. The van der Waals surface area contributed by atoms with Crippen LogP contribution in [0.1, 0.15) is 0 Å². The van der Waals surface area contributed by atoms with Gasteiger partial charge >= 0.3 is 6.18 Å². The van der Waals surface area contributed by atoms with Gasteiger partial charge in [-0.3, -0.25) is 0 Å². The Morgan fingerprint density at radius 1 is 1.12 bits per heavy atom. The number of benzene rings is 1. The highest BCUT2D eigenvalue weighted by molar-refractivity contribution is 5.79. The molecule has 2 rings (SSSR count). The van der Waals surface area contributed by atoms with Crippen molar-refractivity contribution in [2.24, 2.45) is 0 Å². The highest BCUT2D eigenvalue weighted by Crippen LogP contribution is 2.21. The number of halogens is 3. The van der Waals surface area contributed by atoms with Crippen molar-refractivity contribution in [1.82, 2.24) is 9.97 Å². The van der Waals surface area contributed by atoms with E-state index in [0.29, 0.717) is 11.0 Å². The predicted octanol–water partition coefficient (Wildman–Crippen LogP) is 2.19. The molecule has 0 radical (unpaired) electrons. The molecule has 0 atom stereocenters. The molecule has 0 amide bonds. The maximum Gasteiger partial charge on any atom is 0.405 e. The predicted molar refractivity (Wildman–Crippen MR) is 58.5 cm³/mol. The van der Waals surface area contributed by atoms with Crippen molar-refractivity contribution in [3.63, 3.8) is 0 Å². The molecule has 7 heteroatoms. The Morgan fingerprint density at radius 2 is 1.71 bits per heavy atom. The summed E-state index contributed by atoms with van der Waals surface area (Å²) in [5.41, 5.74) is 6.55. The van der Waals surface area contributed by atoms with E-state index in [9.17, 15) is 13.2 Å². The van der Waals surface area contributed by atoms with Crippen LogP contribution < -0.4 is 11.1 Å². The number of hydrogen-bond donors (Lipinski definition) is 2. The van der Waals surface area contributed by atoms with E-state index in [0.717, 1.165) is 0 Å². The zero-order valence-corrected chi connectivity index (χ0v) is 8.62. The van der Waals surface area contributed by atoms with E-state index in [1.165, 1.54) is 0 Å². The molecule has 0 spiro atoms. The highest BCUT2D eigenvalue weighted by atomic mass is 19.4. The van der Waals surface area contributed by atoms with E-state index < -0.39 is 12.7 Å². The van der Waals surface area contributed by atoms with E-state index in [4.69, 9.17) is 5.73 Å². The monoisotopic (exact) mass is 242 g/mol. The summed E-state index contributed by atoms with van der Waals surface area (Å²) in [4.78, 5) is 7.94. The quantitative estimate of drug-likeness (QED) is 0.847. The lowest BCUT2D eigenvalue weighted by atomic mass is 10.3. The first-order chi connectivity index (χ1) is 7.96. The van der Waals surface area contributed by atoms with Gasteiger partial charge in [-0.2, -0.15) is 13.2 Å². The SMILES string of the molecule is Nc1nc2ccccc2nc1NCC(F)(F)F. The minimum absolute atomic E-state index is 0.0482. The van der Waals surface area contributed by atoms with Crippen molar-refractivity contribution in [1.29, 1.82) is 0 Å². The highest BCUT2D eigenvalue weighted by Gasteiger charge is 2.27. The summed E-state index contributed by atoms with van der Waals surface area (Å²) in [6, 6.07) is 6.81. The zero-order chi connectivity index (χ0) is 12.5. The average Bonchev–Trinajstić information content (AvgIpc) is 2.25. The Balaban J connectivity index is 2.31. The molecule has 17 heavy (non-hydrogen) atoms. The van der Waals surface area contributed by atoms with Crippen LogP contribution in [0.2, 0.25) is 0 Å². The number of nitrogens with one attached hydrogen (secondary N) is 1. The Morgan fingerprint density at radius 3 is 2.29 bits per heavy atom. The molecule has 1 heterocycles. The second kappa shape index (κ2) is 4.08. The second-order valence-corrected chi connectivity index (χ2v) is 3.41. The third-order valence-electron chi connectivity index (χ3n) is 2.05. The van der Waals surface area contributed by atoms with Crippen molar-refractivity contribution < 1.29 is 13.2 Å². The van der Waals surface area contributed by atoms with E-state index in [-0.39, 0.29) is 11.6 Å². The van der Waals surface area contributed by atoms with Crippen molar-refractivity contribution >= 4 is 22.7 Å². The van der Waals surface area contributed by atoms with Gasteiger partial charge in [0, 0.05) is 0 Å². The van der Waals surface area contributed by atoms with E-state index in [2.05, 4.69) is 15.3 Å². The molecule has 0 bridgehead atoms. The van der Waals surface area contributed by atoms with Crippen molar-refractivity contribution in [3.05, 3.63) is 24.3 Å². The largest absolute Gasteiger partial charge is 0.405 e. The van der Waals surface area contributed by atoms with Crippen molar-refractivity contribution in [2.45, 2.75) is 6.18 Å². The van der Waals surface area contributed by atoms with Gasteiger partial charge < -0.3 is 11.1 Å². The summed E-state index contributed by atoms with van der Waals surface area (Å²) >= 11 is 0. The molecule has 0 fully saturated rings. The number of nitrogen functional groups attached to an aromatic ring is 1. The fourth-order valence-electron chi connectivity index (χ4n) is 1.33. The Labute approximate surface area is 94.7 Å². The van der Waals surface area contributed by atoms with E-state index in [1.807, 2.05) is 0 Å². The number of aromatic nitrogens is 2. The molecule has 90 valence electrons. The van der Waals surface area contributed by atoms with Crippen LogP contribution in [-0.4, -0.2) is 22.7 Å². The van der Waals surface area contributed by atoms with Crippen molar-refractivity contribution in [3.8, 4) is 0 Å². The zero-order valence-electron chi connectivity index (χ0n) is 8.62. The molecular formula is C10H9F3N4. The van der Waals surface area contributed by atoms with Crippen molar-refractivity contribution in [2.75, 3.05) is 17.6 Å². The van der Waals surface area contributed by atoms with Gasteiger partial charge in [0.25, 0.3) is 0 Å². The Kier molecular flexibility index (Phi) is 2.74. The van der Waals surface area contributed by atoms with Gasteiger partial charge in [0.1, 0.15) is 6.54 Å². The molecule has 3 N–H and O–H groups in total. The van der Waals surface area contributed by atoms with Gasteiger partial charge in [-0.1, -0.05) is 12.1 Å². The summed E-state index contributed by atoms with van der Waals surface area (Å²) in [5, 5.41) is 2.12. The van der Waals surface area contributed by atoms with Gasteiger partial charge in [0.2, 0.25) is 0 Å². The van der Waals surface area contributed by atoms with Gasteiger partial charge in [0.05, 0.1) is 11.0 Å². The third kappa shape index (κ3) is 2.74. The van der Waals surface area contributed by atoms with Crippen LogP contribution in [0.4, 0.5) is 24.8 Å². The standard InChI is InChI=1S/C10H9F3N4/c11-10(12,13)5-15-9-8(14)16-6-3-1-2-4-7(6)17-9/h1-4H,5H2,(H2,14,16)(H,15,17). The average molecular weight is 242 g/mol. The fourth-order valence-corrected chi connectivity index (χ4v) is 1.33.